The zero-order valence-corrected chi connectivity index (χ0v) is 15.1. The number of hydrogen-bond acceptors (Lipinski definition) is 4. The third-order valence-corrected chi connectivity index (χ3v) is 7.15. The summed E-state index contributed by atoms with van der Waals surface area (Å²) in [7, 11) is 0. The minimum atomic E-state index is -1.06. The molecule has 132 valence electrons. The van der Waals surface area contributed by atoms with E-state index in [1.54, 1.807) is 0 Å². The second kappa shape index (κ2) is 4.95. The lowest BCUT2D eigenvalue weighted by atomic mass is 9.66. The number of fused-ring (bicyclic) bond motifs is 1. The van der Waals surface area contributed by atoms with Gasteiger partial charge in [-0.25, -0.2) is 0 Å². The van der Waals surface area contributed by atoms with Crippen molar-refractivity contribution in [3.63, 3.8) is 0 Å². The molecular formula is C20H28O4. The highest BCUT2D eigenvalue weighted by molar-refractivity contribution is 5.94. The highest BCUT2D eigenvalue weighted by Gasteiger charge is 2.60. The molecule has 4 heteroatoms. The van der Waals surface area contributed by atoms with Gasteiger partial charge in [0.05, 0.1) is 6.10 Å². The van der Waals surface area contributed by atoms with E-state index in [1.807, 2.05) is 0 Å². The number of carbonyl (C=O) groups excluding carboxylic acids is 1. The summed E-state index contributed by atoms with van der Waals surface area (Å²) in [4.78, 5) is 12.8. The number of aliphatic hydroxyl groups is 2. The van der Waals surface area contributed by atoms with Crippen LogP contribution in [-0.4, -0.2) is 34.8 Å². The zero-order valence-electron chi connectivity index (χ0n) is 15.1. The van der Waals surface area contributed by atoms with Gasteiger partial charge in [-0.05, 0) is 37.0 Å². The maximum atomic E-state index is 12.8. The van der Waals surface area contributed by atoms with E-state index in [9.17, 15) is 15.0 Å². The van der Waals surface area contributed by atoms with Crippen LogP contribution in [-0.2, 0) is 9.53 Å². The Balaban J connectivity index is 1.97. The van der Waals surface area contributed by atoms with Crippen molar-refractivity contribution in [3.8, 4) is 0 Å². The molecule has 1 heterocycles. The van der Waals surface area contributed by atoms with E-state index >= 15 is 0 Å². The van der Waals surface area contributed by atoms with Crippen molar-refractivity contribution in [2.45, 2.75) is 65.6 Å². The number of ether oxygens (including phenoxy) is 1. The van der Waals surface area contributed by atoms with Gasteiger partial charge in [0.15, 0.2) is 5.78 Å². The highest BCUT2D eigenvalue weighted by atomic mass is 16.5. The van der Waals surface area contributed by atoms with Crippen molar-refractivity contribution in [1.29, 1.82) is 0 Å². The minimum absolute atomic E-state index is 0.0228. The molecule has 4 rings (SSSR count). The Morgan fingerprint density at radius 1 is 1.17 bits per heavy atom. The van der Waals surface area contributed by atoms with E-state index in [4.69, 9.17) is 4.74 Å². The van der Waals surface area contributed by atoms with Crippen molar-refractivity contribution >= 4 is 5.78 Å². The minimum Gasteiger partial charge on any atom is -0.489 e. The molecule has 0 radical (unpaired) electrons. The first kappa shape index (κ1) is 16.3. The van der Waals surface area contributed by atoms with E-state index in [0.717, 1.165) is 48.2 Å². The summed E-state index contributed by atoms with van der Waals surface area (Å²) in [5.74, 6) is 0.684. The molecule has 0 aromatic carbocycles. The van der Waals surface area contributed by atoms with Crippen molar-refractivity contribution < 1.29 is 19.7 Å². The molecule has 0 spiro atoms. The van der Waals surface area contributed by atoms with Gasteiger partial charge in [-0.15, -0.1) is 0 Å². The van der Waals surface area contributed by atoms with Crippen LogP contribution in [0.1, 0.15) is 53.4 Å². The van der Waals surface area contributed by atoms with Gasteiger partial charge < -0.3 is 14.9 Å². The Bertz CT molecular complexity index is 673. The Morgan fingerprint density at radius 3 is 2.54 bits per heavy atom. The lowest BCUT2D eigenvalue weighted by Crippen LogP contribution is -2.33. The molecule has 5 atom stereocenters. The van der Waals surface area contributed by atoms with Crippen LogP contribution < -0.4 is 0 Å². The predicted molar refractivity (Wildman–Crippen MR) is 90.0 cm³/mol. The standard InChI is InChI=1S/C20H28O4/c1-10(2)13-16(22)17(23)15-18-14-11(9-24-18)12(21)5-6-19(14,3)7-8-20(13,15)4/h10,12-13,17,21,23H,5-9H2,1-4H3/t12-,13-,17-,19-,20+/m0/s1. The van der Waals surface area contributed by atoms with Crippen LogP contribution in [0.15, 0.2) is 22.5 Å². The van der Waals surface area contributed by atoms with E-state index in [1.165, 1.54) is 0 Å². The first-order valence-electron chi connectivity index (χ1n) is 9.22. The third kappa shape index (κ3) is 1.84. The third-order valence-electron chi connectivity index (χ3n) is 7.15. The Morgan fingerprint density at radius 2 is 1.88 bits per heavy atom. The number of allylic oxidation sites excluding steroid dienone is 1. The van der Waals surface area contributed by atoms with Crippen LogP contribution >= 0.6 is 0 Å². The van der Waals surface area contributed by atoms with Crippen LogP contribution in [0.25, 0.3) is 0 Å². The number of ketones is 1. The second-order valence-electron chi connectivity index (χ2n) is 8.99. The van der Waals surface area contributed by atoms with Gasteiger partial charge in [0, 0.05) is 28.1 Å². The van der Waals surface area contributed by atoms with Crippen LogP contribution in [0.5, 0.6) is 0 Å². The molecule has 0 aromatic rings. The van der Waals surface area contributed by atoms with Crippen molar-refractivity contribution in [2.24, 2.45) is 22.7 Å². The van der Waals surface area contributed by atoms with Gasteiger partial charge in [0.2, 0.25) is 0 Å². The number of rotatable bonds is 1. The van der Waals surface area contributed by atoms with Crippen LogP contribution in [0, 0.1) is 22.7 Å². The molecule has 3 aliphatic carbocycles. The summed E-state index contributed by atoms with van der Waals surface area (Å²) < 4.78 is 6.05. The summed E-state index contributed by atoms with van der Waals surface area (Å²) in [6.45, 7) is 8.92. The molecule has 0 bridgehead atoms. The largest absolute Gasteiger partial charge is 0.489 e. The van der Waals surface area contributed by atoms with Crippen molar-refractivity contribution in [2.75, 3.05) is 6.61 Å². The molecule has 4 nitrogen and oxygen atoms in total. The smallest absolute Gasteiger partial charge is 0.169 e. The number of Topliss-reactive ketones (excluding diaryl/α,β-unsaturated/α-hetero) is 1. The summed E-state index contributed by atoms with van der Waals surface area (Å²) in [6, 6.07) is 0. The van der Waals surface area contributed by atoms with E-state index in [0.29, 0.717) is 6.61 Å². The second-order valence-corrected chi connectivity index (χ2v) is 8.99. The monoisotopic (exact) mass is 332 g/mol. The van der Waals surface area contributed by atoms with Gasteiger partial charge in [0.25, 0.3) is 0 Å². The average molecular weight is 332 g/mol. The highest BCUT2D eigenvalue weighted by Crippen LogP contribution is 2.62. The molecule has 1 fully saturated rings. The first-order chi connectivity index (χ1) is 11.2. The van der Waals surface area contributed by atoms with Gasteiger partial charge in [-0.2, -0.15) is 0 Å². The van der Waals surface area contributed by atoms with Crippen molar-refractivity contribution in [1.82, 2.24) is 0 Å². The molecule has 1 aliphatic heterocycles. The fourth-order valence-corrected chi connectivity index (χ4v) is 5.96. The molecular weight excluding hydrogens is 304 g/mol. The average Bonchev–Trinajstić information content (AvgIpc) is 2.99. The molecule has 2 N–H and O–H groups in total. The molecule has 0 aromatic heterocycles. The maximum Gasteiger partial charge on any atom is 0.169 e. The normalized spacial score (nSPS) is 44.6. The summed E-state index contributed by atoms with van der Waals surface area (Å²) in [6.07, 6.45) is 2.03. The summed E-state index contributed by atoms with van der Waals surface area (Å²) in [5.41, 5.74) is 2.48. The number of carbonyl (C=O) groups is 1. The Hall–Kier alpha value is -1.13. The maximum absolute atomic E-state index is 12.8. The Kier molecular flexibility index (Phi) is 3.37. The molecule has 4 aliphatic rings. The number of hydrogen-bond donors (Lipinski definition) is 2. The SMILES string of the molecule is CC(C)[C@H]1C(=O)[C@@H](O)C2=C3OCC4=C3[C@@](C)(CC[C@@H]4O)CC[C@@]21C. The van der Waals surface area contributed by atoms with Crippen LogP contribution in [0.2, 0.25) is 0 Å². The molecule has 24 heavy (non-hydrogen) atoms. The fourth-order valence-electron chi connectivity index (χ4n) is 5.96. The fraction of sp³-hybridized carbons (Fsp3) is 0.750. The molecule has 0 amide bonds. The number of aliphatic hydroxyl groups excluding tert-OH is 2. The molecule has 1 saturated carbocycles. The van der Waals surface area contributed by atoms with Crippen LogP contribution in [0.4, 0.5) is 0 Å². The van der Waals surface area contributed by atoms with Gasteiger partial charge in [0.1, 0.15) is 18.5 Å². The topological polar surface area (TPSA) is 66.8 Å². The predicted octanol–water partition coefficient (Wildman–Crippen LogP) is 2.74. The molecule has 0 saturated heterocycles. The summed E-state index contributed by atoms with van der Waals surface area (Å²) in [5, 5.41) is 21.2. The van der Waals surface area contributed by atoms with Crippen LogP contribution in [0.3, 0.4) is 0 Å². The van der Waals surface area contributed by atoms with Gasteiger partial charge in [-0.1, -0.05) is 27.7 Å². The van der Waals surface area contributed by atoms with Gasteiger partial charge >= 0.3 is 0 Å². The van der Waals surface area contributed by atoms with E-state index in [-0.39, 0.29) is 28.4 Å². The lowest BCUT2D eigenvalue weighted by molar-refractivity contribution is -0.129. The van der Waals surface area contributed by atoms with Crippen molar-refractivity contribution in [3.05, 3.63) is 22.5 Å². The quantitative estimate of drug-likeness (QED) is 0.775. The Labute approximate surface area is 143 Å². The van der Waals surface area contributed by atoms with E-state index in [2.05, 4.69) is 27.7 Å². The zero-order chi connectivity index (χ0) is 17.4. The first-order valence-corrected chi connectivity index (χ1v) is 9.22. The van der Waals surface area contributed by atoms with E-state index < -0.39 is 12.2 Å². The van der Waals surface area contributed by atoms with Gasteiger partial charge in [-0.3, -0.25) is 4.79 Å². The summed E-state index contributed by atoms with van der Waals surface area (Å²) >= 11 is 0. The molecule has 0 unspecified atom stereocenters. The lowest BCUT2D eigenvalue weighted by Gasteiger charge is -2.38.